The highest BCUT2D eigenvalue weighted by Gasteiger charge is 2.25. The quantitative estimate of drug-likeness (QED) is 0.724. The van der Waals surface area contributed by atoms with Gasteiger partial charge >= 0.3 is 0 Å². The van der Waals surface area contributed by atoms with Gasteiger partial charge in [-0.3, -0.25) is 0 Å². The molecule has 4 nitrogen and oxygen atoms in total. The topological polar surface area (TPSA) is 53.2 Å². The van der Waals surface area contributed by atoms with Crippen molar-refractivity contribution in [2.45, 2.75) is 12.8 Å². The highest BCUT2D eigenvalue weighted by molar-refractivity contribution is 7.89. The minimum absolute atomic E-state index is 0.118. The van der Waals surface area contributed by atoms with Gasteiger partial charge in [0.25, 0.3) is 0 Å². The van der Waals surface area contributed by atoms with E-state index in [1.807, 2.05) is 42.6 Å². The van der Waals surface area contributed by atoms with E-state index in [1.54, 1.807) is 10.4 Å². The van der Waals surface area contributed by atoms with Crippen LogP contribution < -0.4 is 0 Å². The third-order valence-electron chi connectivity index (χ3n) is 5.05. The minimum atomic E-state index is -3.29. The summed E-state index contributed by atoms with van der Waals surface area (Å²) in [4.78, 5) is 3.09. The number of nitrogens with zero attached hydrogens (tertiary/aromatic N) is 1. The van der Waals surface area contributed by atoms with Gasteiger partial charge in [-0.2, -0.15) is 4.31 Å². The van der Waals surface area contributed by atoms with Gasteiger partial charge in [-0.25, -0.2) is 12.8 Å². The second-order valence-electron chi connectivity index (χ2n) is 6.78. The van der Waals surface area contributed by atoms with Crippen molar-refractivity contribution in [3.63, 3.8) is 0 Å². The third-order valence-corrected chi connectivity index (χ3v) is 6.88. The molecule has 140 valence electrons. The Hall–Kier alpha value is -2.44. The Morgan fingerprint density at radius 2 is 1.93 bits per heavy atom. The van der Waals surface area contributed by atoms with Gasteiger partial charge in [0.2, 0.25) is 10.0 Å². The Kier molecular flexibility index (Phi) is 4.85. The Morgan fingerprint density at radius 3 is 2.67 bits per heavy atom. The second-order valence-corrected chi connectivity index (χ2v) is 8.87. The number of hydrogen-bond donors (Lipinski definition) is 1. The molecule has 2 heterocycles. The van der Waals surface area contributed by atoms with E-state index < -0.39 is 10.0 Å². The largest absolute Gasteiger partial charge is 0.360 e. The molecule has 0 bridgehead atoms. The maximum Gasteiger partial charge on any atom is 0.214 e. The molecule has 0 unspecified atom stereocenters. The molecule has 1 aliphatic rings. The summed E-state index contributed by atoms with van der Waals surface area (Å²) in [6.07, 6.45) is 5.00. The average molecular weight is 384 g/mol. The van der Waals surface area contributed by atoms with Gasteiger partial charge in [-0.1, -0.05) is 36.4 Å². The number of rotatable bonds is 5. The summed E-state index contributed by atoms with van der Waals surface area (Å²) in [5.41, 5.74) is 3.90. The minimum Gasteiger partial charge on any atom is -0.360 e. The Labute approximate surface area is 158 Å². The van der Waals surface area contributed by atoms with Gasteiger partial charge in [-0.15, -0.1) is 0 Å². The van der Waals surface area contributed by atoms with Crippen molar-refractivity contribution in [2.75, 3.05) is 18.8 Å². The molecular weight excluding hydrogens is 363 g/mol. The Morgan fingerprint density at radius 1 is 1.11 bits per heavy atom. The Bertz CT molecular complexity index is 1090. The van der Waals surface area contributed by atoms with Gasteiger partial charge in [0.1, 0.15) is 5.82 Å². The summed E-state index contributed by atoms with van der Waals surface area (Å²) in [6, 6.07) is 14.4. The fraction of sp³-hybridized carbons (Fsp3) is 0.238. The van der Waals surface area contributed by atoms with Crippen molar-refractivity contribution in [3.8, 4) is 0 Å². The van der Waals surface area contributed by atoms with Crippen LogP contribution >= 0.6 is 0 Å². The van der Waals surface area contributed by atoms with E-state index in [1.165, 1.54) is 12.1 Å². The summed E-state index contributed by atoms with van der Waals surface area (Å²) < 4.78 is 40.2. The number of benzene rings is 2. The van der Waals surface area contributed by atoms with E-state index in [0.717, 1.165) is 27.6 Å². The summed E-state index contributed by atoms with van der Waals surface area (Å²) in [5, 5.41) is 0.961. The van der Waals surface area contributed by atoms with Gasteiger partial charge in [0.05, 0.1) is 5.75 Å². The molecular formula is C21H21FN2O2S. The maximum absolute atomic E-state index is 13.4. The molecule has 27 heavy (non-hydrogen) atoms. The van der Waals surface area contributed by atoms with Crippen LogP contribution in [0.25, 0.3) is 16.5 Å². The van der Waals surface area contributed by atoms with Crippen LogP contribution in [0.3, 0.4) is 0 Å². The lowest BCUT2D eigenvalue weighted by Crippen LogP contribution is -2.36. The van der Waals surface area contributed by atoms with Crippen molar-refractivity contribution in [1.82, 2.24) is 9.29 Å². The van der Waals surface area contributed by atoms with Crippen molar-refractivity contribution >= 4 is 26.5 Å². The normalized spacial score (nSPS) is 15.8. The van der Waals surface area contributed by atoms with Crippen molar-refractivity contribution in [2.24, 2.45) is 0 Å². The van der Waals surface area contributed by atoms with Crippen molar-refractivity contribution in [3.05, 3.63) is 77.7 Å². The smallest absolute Gasteiger partial charge is 0.214 e. The van der Waals surface area contributed by atoms with E-state index in [-0.39, 0.29) is 11.6 Å². The number of halogens is 1. The van der Waals surface area contributed by atoms with Gasteiger partial charge in [-0.05, 0) is 42.2 Å². The van der Waals surface area contributed by atoms with Gasteiger partial charge < -0.3 is 4.98 Å². The monoisotopic (exact) mass is 384 g/mol. The number of sulfonamides is 1. The van der Waals surface area contributed by atoms with Crippen LogP contribution in [0.4, 0.5) is 4.39 Å². The van der Waals surface area contributed by atoms with Crippen molar-refractivity contribution < 1.29 is 12.8 Å². The first kappa shape index (κ1) is 17.9. The first-order valence-corrected chi connectivity index (χ1v) is 10.6. The summed E-state index contributed by atoms with van der Waals surface area (Å²) in [5.74, 6) is -0.156. The lowest BCUT2D eigenvalue weighted by atomic mass is 10.00. The van der Waals surface area contributed by atoms with E-state index in [0.29, 0.717) is 25.9 Å². The van der Waals surface area contributed by atoms with Crippen molar-refractivity contribution in [1.29, 1.82) is 0 Å². The van der Waals surface area contributed by atoms with Crippen LogP contribution in [0.5, 0.6) is 0 Å². The van der Waals surface area contributed by atoms with Crippen LogP contribution in [0.15, 0.2) is 60.8 Å². The third kappa shape index (κ3) is 3.82. The fourth-order valence-electron chi connectivity index (χ4n) is 3.53. The molecule has 0 aliphatic carbocycles. The number of fused-ring (bicyclic) bond motifs is 1. The predicted molar refractivity (Wildman–Crippen MR) is 106 cm³/mol. The summed E-state index contributed by atoms with van der Waals surface area (Å²) in [6.45, 7) is 0.844. The lowest BCUT2D eigenvalue weighted by Gasteiger charge is -2.26. The zero-order valence-electron chi connectivity index (χ0n) is 14.9. The van der Waals surface area contributed by atoms with E-state index in [4.69, 9.17) is 0 Å². The molecule has 1 N–H and O–H groups in total. The van der Waals surface area contributed by atoms with Crippen LogP contribution in [0, 0.1) is 5.82 Å². The van der Waals surface area contributed by atoms with E-state index >= 15 is 0 Å². The highest BCUT2D eigenvalue weighted by atomic mass is 32.2. The second kappa shape index (κ2) is 7.29. The molecule has 1 aliphatic heterocycles. The van der Waals surface area contributed by atoms with Crippen LogP contribution in [-0.2, 0) is 16.4 Å². The average Bonchev–Trinajstić information content (AvgIpc) is 3.10. The number of aromatic nitrogens is 1. The van der Waals surface area contributed by atoms with Gasteiger partial charge in [0, 0.05) is 35.8 Å². The number of aromatic amines is 1. The molecule has 0 radical (unpaired) electrons. The molecule has 0 amide bonds. The Balaban J connectivity index is 1.47. The molecule has 0 atom stereocenters. The van der Waals surface area contributed by atoms with Crippen LogP contribution in [0.2, 0.25) is 0 Å². The first-order chi connectivity index (χ1) is 13.0. The van der Waals surface area contributed by atoms with Crippen LogP contribution in [-0.4, -0.2) is 36.5 Å². The van der Waals surface area contributed by atoms with E-state index in [2.05, 4.69) is 4.98 Å². The maximum atomic E-state index is 13.4. The number of nitrogens with one attached hydrogen (secondary N) is 1. The number of H-pyrrole nitrogens is 1. The molecule has 1 aromatic heterocycles. The molecule has 0 fully saturated rings. The molecule has 0 saturated heterocycles. The zero-order chi connectivity index (χ0) is 18.9. The summed E-state index contributed by atoms with van der Waals surface area (Å²) in [7, 11) is -3.29. The fourth-order valence-corrected chi connectivity index (χ4v) is 4.96. The molecule has 3 aromatic rings. The first-order valence-electron chi connectivity index (χ1n) is 9.01. The van der Waals surface area contributed by atoms with Crippen LogP contribution in [0.1, 0.15) is 17.5 Å². The standard InChI is InChI=1S/C21H21FN2O2S/c22-18-6-7-19-20(15-23-21(19)14-18)17-8-11-24(12-9-17)27(25,26)13-10-16-4-2-1-3-5-16/h1-8,14-15,23H,9-13H2. The molecule has 0 spiro atoms. The lowest BCUT2D eigenvalue weighted by molar-refractivity contribution is 0.441. The molecule has 0 saturated carbocycles. The molecule has 2 aromatic carbocycles. The highest BCUT2D eigenvalue weighted by Crippen LogP contribution is 2.30. The predicted octanol–water partition coefficient (Wildman–Crippen LogP) is 3.97. The molecule has 4 rings (SSSR count). The molecule has 6 heteroatoms. The SMILES string of the molecule is O=S(=O)(CCc1ccccc1)N1CC=C(c2c[nH]c3cc(F)ccc23)CC1. The number of aryl methyl sites for hydroxylation is 1. The zero-order valence-corrected chi connectivity index (χ0v) is 15.7. The number of hydrogen-bond acceptors (Lipinski definition) is 2. The summed E-state index contributed by atoms with van der Waals surface area (Å²) >= 11 is 0. The van der Waals surface area contributed by atoms with Gasteiger partial charge in [0.15, 0.2) is 0 Å². The van der Waals surface area contributed by atoms with E-state index in [9.17, 15) is 12.8 Å².